The first kappa shape index (κ1) is 18.8. The Kier molecular flexibility index (Phi) is 6.69. The van der Waals surface area contributed by atoms with Gasteiger partial charge in [-0.3, -0.25) is 0 Å². The first-order valence-corrected chi connectivity index (χ1v) is 11.9. The quantitative estimate of drug-likeness (QED) is 0.319. The van der Waals surface area contributed by atoms with Crippen molar-refractivity contribution in [3.05, 3.63) is 47.1 Å². The molecule has 0 bridgehead atoms. The largest absolute Gasteiger partial charge is 0.129 e. The van der Waals surface area contributed by atoms with Crippen molar-refractivity contribution in [2.45, 2.75) is 66.6 Å². The number of allylic oxidation sites excluding steroid dienone is 8. The molecule has 0 aromatic heterocycles. The van der Waals surface area contributed by atoms with E-state index in [2.05, 4.69) is 83.1 Å². The third kappa shape index (κ3) is 6.67. The minimum atomic E-state index is -1.25. The Labute approximate surface area is 139 Å². The van der Waals surface area contributed by atoms with Crippen molar-refractivity contribution in [3.8, 4) is 11.5 Å². The van der Waals surface area contributed by atoms with Crippen LogP contribution in [0.2, 0.25) is 19.6 Å². The van der Waals surface area contributed by atoms with E-state index in [0.29, 0.717) is 5.41 Å². The van der Waals surface area contributed by atoms with Crippen molar-refractivity contribution in [3.63, 3.8) is 0 Å². The maximum absolute atomic E-state index is 3.34. The molecule has 1 rings (SSSR count). The van der Waals surface area contributed by atoms with Crippen LogP contribution in [-0.4, -0.2) is 8.07 Å². The molecule has 0 aromatic rings. The van der Waals surface area contributed by atoms with E-state index < -0.39 is 8.07 Å². The summed E-state index contributed by atoms with van der Waals surface area (Å²) in [7, 11) is -1.25. The minimum Gasteiger partial charge on any atom is -0.127 e. The maximum atomic E-state index is 3.34. The van der Waals surface area contributed by atoms with Gasteiger partial charge in [0, 0.05) is 0 Å². The molecule has 0 nitrogen and oxygen atoms in total. The highest BCUT2D eigenvalue weighted by atomic mass is 28.3. The number of hydrogen-bond acceptors (Lipinski definition) is 0. The zero-order valence-corrected chi connectivity index (χ0v) is 16.5. The molecule has 0 fully saturated rings. The van der Waals surface area contributed by atoms with Crippen LogP contribution >= 0.6 is 0 Å². The monoisotopic (exact) mass is 312 g/mol. The average Bonchev–Trinajstić information content (AvgIpc) is 2.35. The topological polar surface area (TPSA) is 0 Å². The van der Waals surface area contributed by atoms with E-state index in [9.17, 15) is 0 Å². The van der Waals surface area contributed by atoms with E-state index >= 15 is 0 Å². The molecule has 0 saturated heterocycles. The molecule has 0 aromatic carbocycles. The minimum absolute atomic E-state index is 0.317. The predicted molar refractivity (Wildman–Crippen MR) is 103 cm³/mol. The van der Waals surface area contributed by atoms with Gasteiger partial charge in [-0.05, 0) is 50.2 Å². The van der Waals surface area contributed by atoms with Crippen molar-refractivity contribution in [1.29, 1.82) is 0 Å². The summed E-state index contributed by atoms with van der Waals surface area (Å²) < 4.78 is 0. The second-order valence-corrected chi connectivity index (χ2v) is 12.8. The molecule has 0 unspecified atom stereocenters. The van der Waals surface area contributed by atoms with Crippen molar-refractivity contribution >= 4 is 8.07 Å². The van der Waals surface area contributed by atoms with Gasteiger partial charge < -0.3 is 0 Å². The molecule has 0 heterocycles. The number of rotatable bonds is 3. The van der Waals surface area contributed by atoms with E-state index in [4.69, 9.17) is 0 Å². The van der Waals surface area contributed by atoms with E-state index in [1.165, 1.54) is 30.4 Å². The zero-order valence-electron chi connectivity index (χ0n) is 15.5. The molecule has 120 valence electrons. The van der Waals surface area contributed by atoms with Crippen LogP contribution < -0.4 is 0 Å². The molecule has 1 aliphatic rings. The third-order valence-corrected chi connectivity index (χ3v) is 4.94. The lowest BCUT2D eigenvalue weighted by molar-refractivity contribution is 0.377. The van der Waals surface area contributed by atoms with Gasteiger partial charge in [-0.1, -0.05) is 74.9 Å². The zero-order chi connectivity index (χ0) is 16.8. The fraction of sp³-hybridized carbons (Fsp3) is 0.524. The molecule has 22 heavy (non-hydrogen) atoms. The smallest absolute Gasteiger partial charge is 0.127 e. The van der Waals surface area contributed by atoms with Gasteiger partial charge in [-0.25, -0.2) is 0 Å². The van der Waals surface area contributed by atoms with Gasteiger partial charge >= 0.3 is 0 Å². The molecule has 0 radical (unpaired) electrons. The standard InChI is InChI=1S/C21H32Si/c1-18(12-9-8-10-17-22(5,6)7)14-15-20-19(2)13-11-16-21(20,3)4/h8-9,12,14-15H,11,13,16H2,1-7H3/b9-8+,15-14+,18-12-. The molecule has 1 aliphatic carbocycles. The number of hydrogen-bond donors (Lipinski definition) is 0. The SMILES string of the molecule is CC1=C(/C=C/C(C)=C\C=C\C#C[Si](C)(C)C)C(C)(C)CCC1. The lowest BCUT2D eigenvalue weighted by Gasteiger charge is -2.32. The molecule has 0 atom stereocenters. The van der Waals surface area contributed by atoms with Gasteiger partial charge in [0.25, 0.3) is 0 Å². The van der Waals surface area contributed by atoms with Crippen LogP contribution in [0, 0.1) is 16.9 Å². The van der Waals surface area contributed by atoms with Crippen LogP contribution in [0.1, 0.15) is 47.0 Å². The Hall–Kier alpha value is -1.26. The van der Waals surface area contributed by atoms with Crippen molar-refractivity contribution < 1.29 is 0 Å². The normalized spacial score (nSPS) is 19.7. The van der Waals surface area contributed by atoms with Crippen molar-refractivity contribution in [1.82, 2.24) is 0 Å². The molecular weight excluding hydrogens is 280 g/mol. The van der Waals surface area contributed by atoms with E-state index in [1.54, 1.807) is 5.57 Å². The summed E-state index contributed by atoms with van der Waals surface area (Å²) in [5.74, 6) is 3.16. The average molecular weight is 313 g/mol. The van der Waals surface area contributed by atoms with Gasteiger partial charge in [0.2, 0.25) is 0 Å². The third-order valence-electron chi connectivity index (χ3n) is 4.04. The summed E-state index contributed by atoms with van der Waals surface area (Å²) in [4.78, 5) is 0. The molecular formula is C21H32Si. The van der Waals surface area contributed by atoms with Crippen LogP contribution in [0.4, 0.5) is 0 Å². The van der Waals surface area contributed by atoms with Crippen molar-refractivity contribution in [2.75, 3.05) is 0 Å². The Bertz CT molecular complexity index is 563. The van der Waals surface area contributed by atoms with Gasteiger partial charge in [0.15, 0.2) is 0 Å². The second kappa shape index (κ2) is 7.84. The maximum Gasteiger partial charge on any atom is 0.129 e. The van der Waals surface area contributed by atoms with Crippen molar-refractivity contribution in [2.24, 2.45) is 5.41 Å². The Morgan fingerprint density at radius 1 is 1.23 bits per heavy atom. The van der Waals surface area contributed by atoms with Crippen LogP contribution in [0.5, 0.6) is 0 Å². The predicted octanol–water partition coefficient (Wildman–Crippen LogP) is 6.45. The van der Waals surface area contributed by atoms with Crippen LogP contribution in [0.15, 0.2) is 47.1 Å². The first-order valence-electron chi connectivity index (χ1n) is 8.36. The summed E-state index contributed by atoms with van der Waals surface area (Å²) in [5.41, 5.74) is 8.01. The van der Waals surface area contributed by atoms with Gasteiger partial charge in [0.1, 0.15) is 8.07 Å². The Morgan fingerprint density at radius 3 is 2.50 bits per heavy atom. The molecule has 0 saturated carbocycles. The summed E-state index contributed by atoms with van der Waals surface area (Å²) >= 11 is 0. The van der Waals surface area contributed by atoms with Crippen LogP contribution in [0.25, 0.3) is 0 Å². The van der Waals surface area contributed by atoms with Gasteiger partial charge in [-0.2, -0.15) is 0 Å². The highest BCUT2D eigenvalue weighted by Gasteiger charge is 2.26. The highest BCUT2D eigenvalue weighted by molar-refractivity contribution is 6.83. The van der Waals surface area contributed by atoms with Crippen LogP contribution in [0.3, 0.4) is 0 Å². The van der Waals surface area contributed by atoms with Gasteiger partial charge in [0.05, 0.1) is 0 Å². The lowest BCUT2D eigenvalue weighted by atomic mass is 9.72. The fourth-order valence-electron chi connectivity index (χ4n) is 2.79. The Morgan fingerprint density at radius 2 is 1.91 bits per heavy atom. The molecule has 0 spiro atoms. The molecule has 0 amide bonds. The van der Waals surface area contributed by atoms with Gasteiger partial charge in [-0.15, -0.1) is 5.54 Å². The van der Waals surface area contributed by atoms with E-state index in [-0.39, 0.29) is 0 Å². The fourth-order valence-corrected chi connectivity index (χ4v) is 3.30. The van der Waals surface area contributed by atoms with E-state index in [0.717, 1.165) is 0 Å². The summed E-state index contributed by atoms with van der Waals surface area (Å²) in [6, 6.07) is 0. The molecule has 0 aliphatic heterocycles. The Balaban J connectivity index is 2.75. The first-order chi connectivity index (χ1) is 10.1. The van der Waals surface area contributed by atoms with Crippen LogP contribution in [-0.2, 0) is 0 Å². The second-order valence-electron chi connectivity index (χ2n) is 8.05. The summed E-state index contributed by atoms with van der Waals surface area (Å²) in [6.07, 6.45) is 14.6. The summed E-state index contributed by atoms with van der Waals surface area (Å²) in [6.45, 7) is 15.9. The summed E-state index contributed by atoms with van der Waals surface area (Å²) in [5, 5.41) is 0. The molecule has 1 heteroatoms. The van der Waals surface area contributed by atoms with E-state index in [1.807, 2.05) is 6.08 Å². The highest BCUT2D eigenvalue weighted by Crippen LogP contribution is 2.40. The lowest BCUT2D eigenvalue weighted by Crippen LogP contribution is -2.19. The molecule has 0 N–H and O–H groups in total.